The summed E-state index contributed by atoms with van der Waals surface area (Å²) in [5.41, 5.74) is 2.16. The number of aromatic nitrogens is 1. The average molecular weight is 410 g/mol. The molecule has 1 aromatic carbocycles. The number of aryl methyl sites for hydroxylation is 2. The molecule has 9 heteroatoms. The molecule has 0 unspecified atom stereocenters. The van der Waals surface area contributed by atoms with Crippen LogP contribution in [0.2, 0.25) is 0 Å². The molecule has 7 nitrogen and oxygen atoms in total. The van der Waals surface area contributed by atoms with Gasteiger partial charge in [0.2, 0.25) is 10.0 Å². The van der Waals surface area contributed by atoms with E-state index in [4.69, 9.17) is 4.52 Å². The van der Waals surface area contributed by atoms with Crippen LogP contribution >= 0.6 is 11.8 Å². The van der Waals surface area contributed by atoms with Crippen molar-refractivity contribution in [3.8, 4) is 0 Å². The fraction of sp³-hybridized carbons (Fsp3) is 0.444. The van der Waals surface area contributed by atoms with E-state index in [0.29, 0.717) is 24.3 Å². The van der Waals surface area contributed by atoms with Gasteiger partial charge in [-0.1, -0.05) is 17.3 Å². The number of hydrogen-bond donors (Lipinski definition) is 0. The Kier molecular flexibility index (Phi) is 5.92. The van der Waals surface area contributed by atoms with Gasteiger partial charge < -0.3 is 9.42 Å². The predicted octanol–water partition coefficient (Wildman–Crippen LogP) is 2.30. The number of piperazine rings is 1. The number of rotatable bonds is 5. The lowest BCUT2D eigenvalue weighted by Gasteiger charge is -2.34. The SMILES string of the molecule is CSCc1ccc(C(=O)N2CCN(S(=O)(=O)c3c(C)noc3C)CC2)cc1. The molecule has 2 aromatic rings. The second-order valence-electron chi connectivity index (χ2n) is 6.48. The van der Waals surface area contributed by atoms with Crippen molar-refractivity contribution >= 4 is 27.7 Å². The molecule has 0 spiro atoms. The summed E-state index contributed by atoms with van der Waals surface area (Å²) in [5, 5.41) is 3.73. The second-order valence-corrected chi connectivity index (χ2v) is 9.22. The molecule has 0 N–H and O–H groups in total. The monoisotopic (exact) mass is 409 g/mol. The molecule has 1 amide bonds. The summed E-state index contributed by atoms with van der Waals surface area (Å²) >= 11 is 1.73. The predicted molar refractivity (Wildman–Crippen MR) is 104 cm³/mol. The first-order valence-corrected chi connectivity index (χ1v) is 11.5. The zero-order chi connectivity index (χ0) is 19.6. The van der Waals surface area contributed by atoms with Crippen LogP contribution in [-0.4, -0.2) is 61.1 Å². The topological polar surface area (TPSA) is 83.7 Å². The van der Waals surface area contributed by atoms with E-state index < -0.39 is 10.0 Å². The molecular weight excluding hydrogens is 386 g/mol. The molecule has 1 aliphatic heterocycles. The quantitative estimate of drug-likeness (QED) is 0.753. The minimum Gasteiger partial charge on any atom is -0.360 e. The van der Waals surface area contributed by atoms with Crippen LogP contribution in [0.25, 0.3) is 0 Å². The highest BCUT2D eigenvalue weighted by molar-refractivity contribution is 7.97. The summed E-state index contributed by atoms with van der Waals surface area (Å²) in [7, 11) is -3.67. The van der Waals surface area contributed by atoms with E-state index in [1.165, 1.54) is 9.87 Å². The van der Waals surface area contributed by atoms with Crippen molar-refractivity contribution in [1.82, 2.24) is 14.4 Å². The smallest absolute Gasteiger partial charge is 0.253 e. The van der Waals surface area contributed by atoms with Crippen molar-refractivity contribution in [2.24, 2.45) is 0 Å². The van der Waals surface area contributed by atoms with E-state index in [9.17, 15) is 13.2 Å². The number of sulfonamides is 1. The van der Waals surface area contributed by atoms with E-state index in [2.05, 4.69) is 5.16 Å². The third kappa shape index (κ3) is 4.04. The van der Waals surface area contributed by atoms with Crippen molar-refractivity contribution in [3.05, 3.63) is 46.8 Å². The third-order valence-corrected chi connectivity index (χ3v) is 7.37. The molecule has 2 heterocycles. The molecule has 0 aliphatic carbocycles. The van der Waals surface area contributed by atoms with Crippen molar-refractivity contribution in [2.45, 2.75) is 24.5 Å². The Hall–Kier alpha value is -1.84. The zero-order valence-corrected chi connectivity index (χ0v) is 17.3. The summed E-state index contributed by atoms with van der Waals surface area (Å²) < 4.78 is 32.1. The Morgan fingerprint density at radius 1 is 1.15 bits per heavy atom. The molecule has 146 valence electrons. The van der Waals surface area contributed by atoms with E-state index >= 15 is 0 Å². The van der Waals surface area contributed by atoms with Gasteiger partial charge in [-0.2, -0.15) is 16.1 Å². The highest BCUT2D eigenvalue weighted by atomic mass is 32.2. The van der Waals surface area contributed by atoms with Gasteiger partial charge in [0.05, 0.1) is 0 Å². The summed E-state index contributed by atoms with van der Waals surface area (Å²) in [6.45, 7) is 4.42. The molecule has 1 aromatic heterocycles. The first-order chi connectivity index (χ1) is 12.8. The highest BCUT2D eigenvalue weighted by Crippen LogP contribution is 2.24. The number of nitrogens with zero attached hydrogens (tertiary/aromatic N) is 3. The third-order valence-electron chi connectivity index (χ3n) is 4.60. The Morgan fingerprint density at radius 3 is 2.30 bits per heavy atom. The molecule has 0 bridgehead atoms. The van der Waals surface area contributed by atoms with Gasteiger partial charge in [0.15, 0.2) is 5.76 Å². The minimum atomic E-state index is -3.67. The number of benzene rings is 1. The summed E-state index contributed by atoms with van der Waals surface area (Å²) in [4.78, 5) is 14.5. The molecule has 1 aliphatic rings. The summed E-state index contributed by atoms with van der Waals surface area (Å²) in [5.74, 6) is 1.13. The van der Waals surface area contributed by atoms with Gasteiger partial charge in [-0.15, -0.1) is 0 Å². The number of carbonyl (C=O) groups is 1. The maximum absolute atomic E-state index is 12.9. The molecule has 0 radical (unpaired) electrons. The molecular formula is C18H23N3O4S2. The minimum absolute atomic E-state index is 0.0694. The fourth-order valence-electron chi connectivity index (χ4n) is 3.20. The average Bonchev–Trinajstić information content (AvgIpc) is 3.01. The Morgan fingerprint density at radius 2 is 1.78 bits per heavy atom. The highest BCUT2D eigenvalue weighted by Gasteiger charge is 2.34. The molecule has 3 rings (SSSR count). The number of amides is 1. The Bertz CT molecular complexity index is 895. The molecule has 1 fully saturated rings. The van der Waals surface area contributed by atoms with Crippen LogP contribution in [0.4, 0.5) is 0 Å². The molecule has 27 heavy (non-hydrogen) atoms. The Balaban J connectivity index is 1.67. The number of hydrogen-bond acceptors (Lipinski definition) is 6. The Labute approximate surface area is 163 Å². The maximum Gasteiger partial charge on any atom is 0.253 e. The van der Waals surface area contributed by atoms with E-state index in [1.807, 2.05) is 30.5 Å². The summed E-state index contributed by atoms with van der Waals surface area (Å²) in [6.07, 6.45) is 2.04. The van der Waals surface area contributed by atoms with Crippen LogP contribution < -0.4 is 0 Å². The standard InChI is InChI=1S/C18H23N3O4S2/c1-13-17(14(2)25-19-13)27(23,24)21-10-8-20(9-11-21)18(22)16-6-4-15(5-7-16)12-26-3/h4-7H,8-12H2,1-3H3. The lowest BCUT2D eigenvalue weighted by atomic mass is 10.1. The largest absolute Gasteiger partial charge is 0.360 e. The van der Waals surface area contributed by atoms with E-state index in [1.54, 1.807) is 30.5 Å². The van der Waals surface area contributed by atoms with Gasteiger partial charge in [-0.3, -0.25) is 4.79 Å². The molecule has 0 atom stereocenters. The molecule has 1 saturated heterocycles. The first kappa shape index (κ1) is 19.9. The van der Waals surface area contributed by atoms with Gasteiger partial charge in [0.1, 0.15) is 10.6 Å². The second kappa shape index (κ2) is 8.04. The van der Waals surface area contributed by atoms with Crippen molar-refractivity contribution in [2.75, 3.05) is 32.4 Å². The van der Waals surface area contributed by atoms with Crippen molar-refractivity contribution in [3.63, 3.8) is 0 Å². The zero-order valence-electron chi connectivity index (χ0n) is 15.6. The van der Waals surface area contributed by atoms with Crippen molar-refractivity contribution in [1.29, 1.82) is 0 Å². The van der Waals surface area contributed by atoms with E-state index in [0.717, 1.165) is 5.75 Å². The van der Waals surface area contributed by atoms with Gasteiger partial charge in [0.25, 0.3) is 5.91 Å². The summed E-state index contributed by atoms with van der Waals surface area (Å²) in [6, 6.07) is 7.59. The fourth-order valence-corrected chi connectivity index (χ4v) is 5.44. The van der Waals surface area contributed by atoms with Crippen LogP contribution in [-0.2, 0) is 15.8 Å². The normalized spacial score (nSPS) is 15.9. The van der Waals surface area contributed by atoms with Crippen LogP contribution in [0.15, 0.2) is 33.7 Å². The van der Waals surface area contributed by atoms with Crippen LogP contribution in [0.1, 0.15) is 27.4 Å². The van der Waals surface area contributed by atoms with Gasteiger partial charge in [0, 0.05) is 37.5 Å². The number of carbonyl (C=O) groups excluding carboxylic acids is 1. The van der Waals surface area contributed by atoms with Crippen molar-refractivity contribution < 1.29 is 17.7 Å². The van der Waals surface area contributed by atoms with Gasteiger partial charge in [-0.25, -0.2) is 8.42 Å². The first-order valence-electron chi connectivity index (χ1n) is 8.64. The lowest BCUT2D eigenvalue weighted by Crippen LogP contribution is -2.50. The van der Waals surface area contributed by atoms with Crippen LogP contribution in [0, 0.1) is 13.8 Å². The maximum atomic E-state index is 12.9. The lowest BCUT2D eigenvalue weighted by molar-refractivity contribution is 0.0698. The van der Waals surface area contributed by atoms with Gasteiger partial charge in [-0.05, 0) is 37.8 Å². The number of thioether (sulfide) groups is 1. The molecule has 0 saturated carbocycles. The van der Waals surface area contributed by atoms with Crippen LogP contribution in [0.5, 0.6) is 0 Å². The van der Waals surface area contributed by atoms with Gasteiger partial charge >= 0.3 is 0 Å². The van der Waals surface area contributed by atoms with Crippen LogP contribution in [0.3, 0.4) is 0 Å². The van der Waals surface area contributed by atoms with E-state index in [-0.39, 0.29) is 29.7 Å².